The second-order valence-electron chi connectivity index (χ2n) is 7.03. The number of piperidine rings is 1. The van der Waals surface area contributed by atoms with Crippen molar-refractivity contribution < 1.29 is 9.53 Å². The molecule has 2 amide bonds. The molecule has 1 aromatic rings. The van der Waals surface area contributed by atoms with Gasteiger partial charge in [-0.2, -0.15) is 0 Å². The molecule has 1 aliphatic carbocycles. The first-order valence-corrected chi connectivity index (χ1v) is 9.02. The zero-order valence-corrected chi connectivity index (χ0v) is 14.6. The van der Waals surface area contributed by atoms with E-state index in [0.29, 0.717) is 24.6 Å². The predicted octanol–water partition coefficient (Wildman–Crippen LogP) is 2.03. The van der Waals surface area contributed by atoms with Gasteiger partial charge in [0.1, 0.15) is 0 Å². The summed E-state index contributed by atoms with van der Waals surface area (Å²) in [5.41, 5.74) is 1.63. The number of urea groups is 1. The quantitative estimate of drug-likeness (QED) is 0.804. The second-order valence-corrected chi connectivity index (χ2v) is 7.03. The van der Waals surface area contributed by atoms with E-state index < -0.39 is 0 Å². The number of ether oxygens (including phenoxy) is 1. The number of hydrogen-bond acceptors (Lipinski definition) is 3. The van der Waals surface area contributed by atoms with Gasteiger partial charge in [-0.1, -0.05) is 30.3 Å². The lowest BCUT2D eigenvalue weighted by atomic mass is 9.94. The molecule has 1 atom stereocenters. The minimum atomic E-state index is 0.0587. The molecular formula is C19H29N3O2. The van der Waals surface area contributed by atoms with Crippen LogP contribution >= 0.6 is 0 Å². The van der Waals surface area contributed by atoms with E-state index in [1.54, 1.807) is 7.11 Å². The third kappa shape index (κ3) is 4.28. The summed E-state index contributed by atoms with van der Waals surface area (Å²) in [7, 11) is 1.68. The normalized spacial score (nSPS) is 21.5. The van der Waals surface area contributed by atoms with E-state index in [1.807, 2.05) is 23.1 Å². The predicted molar refractivity (Wildman–Crippen MR) is 95.1 cm³/mol. The SMILES string of the molecule is COCCN(CCc1ccccc1)C(=O)NC1CC12CCNCC2. The number of hydrogen-bond donors (Lipinski definition) is 2. The maximum absolute atomic E-state index is 12.7. The molecule has 0 radical (unpaired) electrons. The van der Waals surface area contributed by atoms with Crippen molar-refractivity contribution in [3.63, 3.8) is 0 Å². The topological polar surface area (TPSA) is 53.6 Å². The fraction of sp³-hybridized carbons (Fsp3) is 0.632. The molecule has 1 spiro atoms. The molecule has 1 saturated carbocycles. The van der Waals surface area contributed by atoms with Crippen LogP contribution in [0.2, 0.25) is 0 Å². The third-order valence-electron chi connectivity index (χ3n) is 5.45. The van der Waals surface area contributed by atoms with Crippen LogP contribution in [0.4, 0.5) is 4.79 Å². The molecule has 1 aromatic carbocycles. The van der Waals surface area contributed by atoms with Crippen LogP contribution in [-0.2, 0) is 11.2 Å². The lowest BCUT2D eigenvalue weighted by molar-refractivity contribution is 0.148. The molecule has 2 aliphatic rings. The number of carbonyl (C=O) groups excluding carboxylic acids is 1. The number of methoxy groups -OCH3 is 1. The summed E-state index contributed by atoms with van der Waals surface area (Å²) in [6.45, 7) is 4.08. The van der Waals surface area contributed by atoms with E-state index in [2.05, 4.69) is 22.8 Å². The van der Waals surface area contributed by atoms with Crippen molar-refractivity contribution in [3.8, 4) is 0 Å². The Kier molecular flexibility index (Phi) is 5.74. The first-order chi connectivity index (χ1) is 11.7. The first-order valence-electron chi connectivity index (χ1n) is 9.02. The Labute approximate surface area is 144 Å². The average molecular weight is 331 g/mol. The Balaban J connectivity index is 1.51. The smallest absolute Gasteiger partial charge is 0.317 e. The molecule has 1 aliphatic heterocycles. The highest BCUT2D eigenvalue weighted by molar-refractivity contribution is 5.75. The summed E-state index contributed by atoms with van der Waals surface area (Å²) in [6, 6.07) is 10.7. The highest BCUT2D eigenvalue weighted by atomic mass is 16.5. The maximum Gasteiger partial charge on any atom is 0.317 e. The Morgan fingerprint density at radius 1 is 1.29 bits per heavy atom. The zero-order valence-electron chi connectivity index (χ0n) is 14.6. The van der Waals surface area contributed by atoms with Crippen molar-refractivity contribution in [2.24, 2.45) is 5.41 Å². The van der Waals surface area contributed by atoms with Gasteiger partial charge in [0, 0.05) is 26.2 Å². The van der Waals surface area contributed by atoms with Gasteiger partial charge in [0.25, 0.3) is 0 Å². The van der Waals surface area contributed by atoms with Gasteiger partial charge in [-0.25, -0.2) is 4.79 Å². The van der Waals surface area contributed by atoms with Gasteiger partial charge in [-0.15, -0.1) is 0 Å². The number of benzene rings is 1. The van der Waals surface area contributed by atoms with Gasteiger partial charge in [0.2, 0.25) is 0 Å². The van der Waals surface area contributed by atoms with Gasteiger partial charge < -0.3 is 20.3 Å². The summed E-state index contributed by atoms with van der Waals surface area (Å²) in [5.74, 6) is 0. The van der Waals surface area contributed by atoms with Crippen LogP contribution in [0.25, 0.3) is 0 Å². The van der Waals surface area contributed by atoms with Crippen molar-refractivity contribution >= 4 is 6.03 Å². The Hall–Kier alpha value is -1.59. The summed E-state index contributed by atoms with van der Waals surface area (Å²) in [5, 5.41) is 6.67. The highest BCUT2D eigenvalue weighted by Gasteiger charge is 2.54. The van der Waals surface area contributed by atoms with E-state index in [4.69, 9.17) is 4.74 Å². The van der Waals surface area contributed by atoms with Crippen LogP contribution in [0.3, 0.4) is 0 Å². The van der Waals surface area contributed by atoms with E-state index in [9.17, 15) is 4.79 Å². The van der Waals surface area contributed by atoms with E-state index in [1.165, 1.54) is 18.4 Å². The molecule has 1 saturated heterocycles. The lowest BCUT2D eigenvalue weighted by Crippen LogP contribution is -2.45. The Bertz CT molecular complexity index is 529. The van der Waals surface area contributed by atoms with Crippen LogP contribution in [0.1, 0.15) is 24.8 Å². The minimum absolute atomic E-state index is 0.0587. The van der Waals surface area contributed by atoms with Crippen molar-refractivity contribution in [2.45, 2.75) is 31.7 Å². The Morgan fingerprint density at radius 2 is 2.04 bits per heavy atom. The van der Waals surface area contributed by atoms with E-state index >= 15 is 0 Å². The number of nitrogens with one attached hydrogen (secondary N) is 2. The molecule has 3 rings (SSSR count). The molecule has 0 aromatic heterocycles. The average Bonchev–Trinajstić information content (AvgIpc) is 3.27. The molecule has 0 bridgehead atoms. The summed E-state index contributed by atoms with van der Waals surface area (Å²) < 4.78 is 5.18. The second kappa shape index (κ2) is 7.99. The van der Waals surface area contributed by atoms with E-state index in [-0.39, 0.29) is 6.03 Å². The molecule has 1 heterocycles. The molecule has 5 nitrogen and oxygen atoms in total. The number of amides is 2. The summed E-state index contributed by atoms with van der Waals surface area (Å²) in [6.07, 6.45) is 4.37. The molecule has 5 heteroatoms. The van der Waals surface area contributed by atoms with Crippen molar-refractivity contribution in [3.05, 3.63) is 35.9 Å². The molecule has 24 heavy (non-hydrogen) atoms. The van der Waals surface area contributed by atoms with Crippen molar-refractivity contribution in [2.75, 3.05) is 39.9 Å². The monoisotopic (exact) mass is 331 g/mol. The van der Waals surface area contributed by atoms with Crippen molar-refractivity contribution in [1.82, 2.24) is 15.5 Å². The molecular weight excluding hydrogens is 302 g/mol. The lowest BCUT2D eigenvalue weighted by Gasteiger charge is -2.26. The highest BCUT2D eigenvalue weighted by Crippen LogP contribution is 2.52. The summed E-state index contributed by atoms with van der Waals surface area (Å²) >= 11 is 0. The largest absolute Gasteiger partial charge is 0.383 e. The third-order valence-corrected chi connectivity index (χ3v) is 5.45. The van der Waals surface area contributed by atoms with Gasteiger partial charge in [0.05, 0.1) is 6.61 Å². The van der Waals surface area contributed by atoms with Crippen LogP contribution in [0.5, 0.6) is 0 Å². The van der Waals surface area contributed by atoms with Crippen molar-refractivity contribution in [1.29, 1.82) is 0 Å². The number of carbonyl (C=O) groups is 1. The number of rotatable bonds is 7. The zero-order chi connectivity index (χ0) is 16.8. The first kappa shape index (κ1) is 17.2. The van der Waals surface area contributed by atoms with Gasteiger partial charge in [-0.3, -0.25) is 0 Å². The van der Waals surface area contributed by atoms with Crippen LogP contribution in [0, 0.1) is 5.41 Å². The van der Waals surface area contributed by atoms with Crippen LogP contribution in [0.15, 0.2) is 30.3 Å². The standard InChI is InChI=1S/C19H29N3O2/c1-24-14-13-22(12-7-16-5-3-2-4-6-16)18(23)21-17-15-19(17)8-10-20-11-9-19/h2-6,17,20H,7-15H2,1H3,(H,21,23). The van der Waals surface area contributed by atoms with Gasteiger partial charge >= 0.3 is 6.03 Å². The fourth-order valence-corrected chi connectivity index (χ4v) is 3.69. The maximum atomic E-state index is 12.7. The molecule has 2 fully saturated rings. The fourth-order valence-electron chi connectivity index (χ4n) is 3.69. The molecule has 1 unspecified atom stereocenters. The number of nitrogens with zero attached hydrogens (tertiary/aromatic N) is 1. The van der Waals surface area contributed by atoms with Gasteiger partial charge in [-0.05, 0) is 49.8 Å². The van der Waals surface area contributed by atoms with Crippen LogP contribution < -0.4 is 10.6 Å². The molecule has 132 valence electrons. The van der Waals surface area contributed by atoms with E-state index in [0.717, 1.165) is 32.5 Å². The van der Waals surface area contributed by atoms with Crippen LogP contribution in [-0.4, -0.2) is 56.9 Å². The Morgan fingerprint density at radius 3 is 2.75 bits per heavy atom. The molecule has 2 N–H and O–H groups in total. The summed E-state index contributed by atoms with van der Waals surface area (Å²) in [4.78, 5) is 14.6. The minimum Gasteiger partial charge on any atom is -0.383 e. The van der Waals surface area contributed by atoms with Gasteiger partial charge in [0.15, 0.2) is 0 Å².